The first-order valence-electron chi connectivity index (χ1n) is 11.5. The standard InChI is InChI=1S/C28H25BrCl2N2O3S/c1-17(2)15-33-27(34)25(37-28(33)32-22-10-8-21(31)9-11-22)14-19-12-23(29)26(24(13-19)35-3)36-16-18-4-6-20(30)7-5-18/h4-14,17H,15-16H2,1-3H3/b25-14-,32-28?. The molecule has 0 radical (unpaired) electrons. The maximum atomic E-state index is 13.3. The highest BCUT2D eigenvalue weighted by molar-refractivity contribution is 9.10. The summed E-state index contributed by atoms with van der Waals surface area (Å²) in [6, 6.07) is 18.5. The van der Waals surface area contributed by atoms with E-state index in [2.05, 4.69) is 29.8 Å². The Morgan fingerprint density at radius 3 is 2.32 bits per heavy atom. The fraction of sp³-hybridized carbons (Fsp3) is 0.214. The fourth-order valence-corrected chi connectivity index (χ4v) is 5.43. The van der Waals surface area contributed by atoms with Crippen molar-refractivity contribution in [1.82, 2.24) is 4.90 Å². The van der Waals surface area contributed by atoms with Gasteiger partial charge in [0.2, 0.25) is 0 Å². The van der Waals surface area contributed by atoms with E-state index in [1.54, 1.807) is 24.1 Å². The molecule has 192 valence electrons. The van der Waals surface area contributed by atoms with Crippen molar-refractivity contribution in [2.24, 2.45) is 10.9 Å². The molecule has 5 nitrogen and oxygen atoms in total. The summed E-state index contributed by atoms with van der Waals surface area (Å²) >= 11 is 16.9. The predicted octanol–water partition coefficient (Wildman–Crippen LogP) is 8.60. The number of halogens is 3. The zero-order valence-electron chi connectivity index (χ0n) is 20.5. The van der Waals surface area contributed by atoms with Crippen molar-refractivity contribution in [2.45, 2.75) is 20.5 Å². The number of carbonyl (C=O) groups is 1. The molecule has 3 aromatic carbocycles. The number of benzene rings is 3. The van der Waals surface area contributed by atoms with Crippen LogP contribution in [0.3, 0.4) is 0 Å². The van der Waals surface area contributed by atoms with Crippen LogP contribution in [0.4, 0.5) is 5.69 Å². The maximum absolute atomic E-state index is 13.3. The summed E-state index contributed by atoms with van der Waals surface area (Å²) in [6.45, 7) is 5.07. The molecule has 0 aliphatic carbocycles. The lowest BCUT2D eigenvalue weighted by atomic mass is 10.1. The van der Waals surface area contributed by atoms with E-state index in [1.807, 2.05) is 54.6 Å². The van der Waals surface area contributed by atoms with Gasteiger partial charge in [0.25, 0.3) is 5.91 Å². The number of nitrogens with zero attached hydrogens (tertiary/aromatic N) is 2. The Labute approximate surface area is 239 Å². The minimum Gasteiger partial charge on any atom is -0.493 e. The Kier molecular flexibility index (Phi) is 9.24. The van der Waals surface area contributed by atoms with Crippen LogP contribution in [0, 0.1) is 5.92 Å². The van der Waals surface area contributed by atoms with Crippen LogP contribution in [0.2, 0.25) is 10.0 Å². The Bertz CT molecular complexity index is 1340. The molecular formula is C28H25BrCl2N2O3S. The van der Waals surface area contributed by atoms with E-state index in [0.717, 1.165) is 21.3 Å². The molecule has 0 N–H and O–H groups in total. The molecule has 1 saturated heterocycles. The van der Waals surface area contributed by atoms with Crippen LogP contribution in [-0.4, -0.2) is 29.6 Å². The maximum Gasteiger partial charge on any atom is 0.266 e. The van der Waals surface area contributed by atoms with Gasteiger partial charge in [0, 0.05) is 16.6 Å². The number of carbonyl (C=O) groups excluding carboxylic acids is 1. The molecule has 37 heavy (non-hydrogen) atoms. The number of rotatable bonds is 8. The molecule has 1 heterocycles. The van der Waals surface area contributed by atoms with Crippen LogP contribution in [0.5, 0.6) is 11.5 Å². The van der Waals surface area contributed by atoms with Gasteiger partial charge in [-0.3, -0.25) is 9.69 Å². The van der Waals surface area contributed by atoms with E-state index in [4.69, 9.17) is 37.7 Å². The number of hydrogen-bond donors (Lipinski definition) is 0. The average molecular weight is 620 g/mol. The second-order valence-electron chi connectivity index (χ2n) is 8.74. The lowest BCUT2D eigenvalue weighted by Crippen LogP contribution is -2.32. The van der Waals surface area contributed by atoms with E-state index in [0.29, 0.717) is 44.8 Å². The number of amides is 1. The molecule has 0 aromatic heterocycles. The number of ether oxygens (including phenoxy) is 2. The Hall–Kier alpha value is -2.45. The molecule has 1 amide bonds. The van der Waals surface area contributed by atoms with Crippen molar-refractivity contribution in [2.75, 3.05) is 13.7 Å². The normalized spacial score (nSPS) is 15.8. The number of amidine groups is 1. The van der Waals surface area contributed by atoms with Gasteiger partial charge >= 0.3 is 0 Å². The Morgan fingerprint density at radius 2 is 1.70 bits per heavy atom. The van der Waals surface area contributed by atoms with Crippen LogP contribution >= 0.6 is 50.9 Å². The first-order chi connectivity index (χ1) is 17.7. The third-order valence-corrected chi connectivity index (χ3v) is 7.43. The summed E-state index contributed by atoms with van der Waals surface area (Å²) in [6.07, 6.45) is 1.85. The van der Waals surface area contributed by atoms with Crippen molar-refractivity contribution in [3.05, 3.63) is 91.2 Å². The molecule has 0 bridgehead atoms. The van der Waals surface area contributed by atoms with Crippen molar-refractivity contribution < 1.29 is 14.3 Å². The molecule has 0 saturated carbocycles. The highest BCUT2D eigenvalue weighted by atomic mass is 79.9. The van der Waals surface area contributed by atoms with Crippen LogP contribution in [-0.2, 0) is 11.4 Å². The van der Waals surface area contributed by atoms with Gasteiger partial charge in [-0.2, -0.15) is 0 Å². The summed E-state index contributed by atoms with van der Waals surface area (Å²) < 4.78 is 12.4. The third-order valence-electron chi connectivity index (χ3n) is 5.33. The molecule has 3 aromatic rings. The van der Waals surface area contributed by atoms with Crippen LogP contribution < -0.4 is 9.47 Å². The molecule has 1 fully saturated rings. The van der Waals surface area contributed by atoms with Crippen molar-refractivity contribution in [3.8, 4) is 11.5 Å². The van der Waals surface area contributed by atoms with Crippen molar-refractivity contribution in [1.29, 1.82) is 0 Å². The van der Waals surface area contributed by atoms with Gasteiger partial charge in [-0.1, -0.05) is 49.2 Å². The van der Waals surface area contributed by atoms with Crippen LogP contribution in [0.1, 0.15) is 25.0 Å². The zero-order valence-corrected chi connectivity index (χ0v) is 24.4. The van der Waals surface area contributed by atoms with Gasteiger partial charge < -0.3 is 9.47 Å². The van der Waals surface area contributed by atoms with Crippen LogP contribution in [0.15, 0.2) is 75.0 Å². The molecule has 0 spiro atoms. The summed E-state index contributed by atoms with van der Waals surface area (Å²) in [5.74, 6) is 1.34. The largest absolute Gasteiger partial charge is 0.493 e. The van der Waals surface area contributed by atoms with Gasteiger partial charge in [0.15, 0.2) is 16.7 Å². The van der Waals surface area contributed by atoms with Gasteiger partial charge in [-0.25, -0.2) is 4.99 Å². The Balaban J connectivity index is 1.60. The van der Waals surface area contributed by atoms with Gasteiger partial charge in [-0.15, -0.1) is 0 Å². The first kappa shape index (κ1) is 27.6. The van der Waals surface area contributed by atoms with Gasteiger partial charge in [0.1, 0.15) is 6.61 Å². The van der Waals surface area contributed by atoms with Crippen molar-refractivity contribution in [3.63, 3.8) is 0 Å². The minimum atomic E-state index is -0.0791. The van der Waals surface area contributed by atoms with Crippen molar-refractivity contribution >= 4 is 73.7 Å². The third kappa shape index (κ3) is 7.11. The Morgan fingerprint density at radius 1 is 1.05 bits per heavy atom. The highest BCUT2D eigenvalue weighted by Gasteiger charge is 2.33. The molecule has 1 aliphatic rings. The number of thioether (sulfide) groups is 1. The smallest absolute Gasteiger partial charge is 0.266 e. The SMILES string of the molecule is COc1cc(/C=C2\SC(=Nc3ccc(Cl)cc3)N(CC(C)C)C2=O)cc(Br)c1OCc1ccc(Cl)cc1. The first-order valence-corrected chi connectivity index (χ1v) is 13.9. The highest BCUT2D eigenvalue weighted by Crippen LogP contribution is 2.40. The van der Waals surface area contributed by atoms with E-state index >= 15 is 0 Å². The summed E-state index contributed by atoms with van der Waals surface area (Å²) in [4.78, 5) is 20.4. The summed E-state index contributed by atoms with van der Waals surface area (Å²) in [7, 11) is 1.59. The van der Waals surface area contributed by atoms with E-state index in [1.165, 1.54) is 11.8 Å². The summed E-state index contributed by atoms with van der Waals surface area (Å²) in [5, 5.41) is 1.95. The van der Waals surface area contributed by atoms with E-state index in [9.17, 15) is 4.79 Å². The second kappa shape index (κ2) is 12.4. The molecule has 9 heteroatoms. The quantitative estimate of drug-likeness (QED) is 0.237. The van der Waals surface area contributed by atoms with Gasteiger partial charge in [0.05, 0.1) is 22.2 Å². The predicted molar refractivity (Wildman–Crippen MR) is 157 cm³/mol. The van der Waals surface area contributed by atoms with Gasteiger partial charge in [-0.05, 0) is 99.3 Å². The average Bonchev–Trinajstić information content (AvgIpc) is 3.13. The van der Waals surface area contributed by atoms with E-state index < -0.39 is 0 Å². The molecular weight excluding hydrogens is 595 g/mol. The molecule has 4 rings (SSSR count). The zero-order chi connectivity index (χ0) is 26.5. The monoisotopic (exact) mass is 618 g/mol. The fourth-order valence-electron chi connectivity index (χ4n) is 3.59. The molecule has 0 unspecified atom stereocenters. The lowest BCUT2D eigenvalue weighted by Gasteiger charge is -2.17. The second-order valence-corrected chi connectivity index (χ2v) is 11.5. The lowest BCUT2D eigenvalue weighted by molar-refractivity contribution is -0.122. The molecule has 0 atom stereocenters. The van der Waals surface area contributed by atoms with E-state index in [-0.39, 0.29) is 11.8 Å². The summed E-state index contributed by atoms with van der Waals surface area (Å²) in [5.41, 5.74) is 2.52. The number of hydrogen-bond acceptors (Lipinski definition) is 5. The minimum absolute atomic E-state index is 0.0791. The van der Waals surface area contributed by atoms with Crippen LogP contribution in [0.25, 0.3) is 6.08 Å². The number of methoxy groups -OCH3 is 1. The topological polar surface area (TPSA) is 51.1 Å². The molecule has 1 aliphatic heterocycles. The number of aliphatic imine (C=N–C) groups is 1.